The highest BCUT2D eigenvalue weighted by Gasteiger charge is 2.19. The van der Waals surface area contributed by atoms with E-state index in [1.54, 1.807) is 12.1 Å². The van der Waals surface area contributed by atoms with Crippen LogP contribution in [0, 0.1) is 0 Å². The number of nitrogens with one attached hydrogen (secondary N) is 1. The molecule has 1 fully saturated rings. The molecular weight excluding hydrogens is 329 g/mol. The normalized spacial score (nSPS) is 17.2. The van der Waals surface area contributed by atoms with Crippen molar-refractivity contribution in [3.05, 3.63) is 28.0 Å². The molecule has 0 amide bonds. The van der Waals surface area contributed by atoms with E-state index in [2.05, 4.69) is 10.3 Å². The Hall–Kier alpha value is -0.920. The second-order valence-electron chi connectivity index (χ2n) is 5.12. The minimum atomic E-state index is -0.803. The molecule has 0 spiro atoms. The van der Waals surface area contributed by atoms with E-state index in [4.69, 9.17) is 38.4 Å². The molecule has 1 atom stereocenters. The molecule has 22 heavy (non-hydrogen) atoms. The summed E-state index contributed by atoms with van der Waals surface area (Å²) in [7, 11) is 0. The van der Waals surface area contributed by atoms with Crippen LogP contribution in [-0.4, -0.2) is 42.8 Å². The summed E-state index contributed by atoms with van der Waals surface area (Å²) in [5.41, 5.74) is 6.44. The summed E-state index contributed by atoms with van der Waals surface area (Å²) in [6.45, 7) is 2.05. The van der Waals surface area contributed by atoms with Crippen molar-refractivity contribution in [3.63, 3.8) is 0 Å². The fraction of sp³-hybridized carbons (Fsp3) is 0.571. The van der Waals surface area contributed by atoms with Crippen LogP contribution in [0.1, 0.15) is 18.4 Å². The Morgan fingerprint density at radius 1 is 1.36 bits per heavy atom. The molecule has 0 saturated carbocycles. The summed E-state index contributed by atoms with van der Waals surface area (Å²) >= 11 is 11.6. The quantitative estimate of drug-likeness (QED) is 0.599. The number of nitrogens with two attached hydrogens (primary N) is 1. The Kier molecular flexibility index (Phi) is 6.85. The van der Waals surface area contributed by atoms with Gasteiger partial charge in [0.2, 0.25) is 0 Å². The zero-order chi connectivity index (χ0) is 15.9. The van der Waals surface area contributed by atoms with Crippen molar-refractivity contribution >= 4 is 29.2 Å². The molecule has 0 unspecified atom stereocenters. The standard InChI is InChI=1S/C14H19Cl2N3O3/c15-12-5-9(6-13(16)19-12)7-22-14(20)11(17)8-21-10-1-3-18-4-2-10/h5-6,10-11,18H,1-4,7-8,17H2/t11-/m0/s1. The summed E-state index contributed by atoms with van der Waals surface area (Å²) in [6, 6.07) is 2.36. The summed E-state index contributed by atoms with van der Waals surface area (Å²) in [4.78, 5) is 15.7. The van der Waals surface area contributed by atoms with Crippen LogP contribution in [0.3, 0.4) is 0 Å². The van der Waals surface area contributed by atoms with Gasteiger partial charge in [0.1, 0.15) is 23.0 Å². The molecule has 1 aromatic heterocycles. The Labute approximate surface area is 139 Å². The van der Waals surface area contributed by atoms with Gasteiger partial charge in [0.15, 0.2) is 0 Å². The fourth-order valence-corrected chi connectivity index (χ4v) is 2.63. The van der Waals surface area contributed by atoms with Gasteiger partial charge in [0.05, 0.1) is 12.7 Å². The summed E-state index contributed by atoms with van der Waals surface area (Å²) in [5.74, 6) is -0.516. The van der Waals surface area contributed by atoms with Crippen molar-refractivity contribution in [2.75, 3.05) is 19.7 Å². The monoisotopic (exact) mass is 347 g/mol. The average Bonchev–Trinajstić information content (AvgIpc) is 2.50. The van der Waals surface area contributed by atoms with Crippen molar-refractivity contribution in [2.45, 2.75) is 31.6 Å². The van der Waals surface area contributed by atoms with Crippen molar-refractivity contribution in [1.29, 1.82) is 0 Å². The number of hydrogen-bond acceptors (Lipinski definition) is 6. The van der Waals surface area contributed by atoms with E-state index < -0.39 is 12.0 Å². The van der Waals surface area contributed by atoms with Gasteiger partial charge in [0.25, 0.3) is 0 Å². The molecule has 8 heteroatoms. The van der Waals surface area contributed by atoms with E-state index in [1.165, 1.54) is 0 Å². The van der Waals surface area contributed by atoms with Gasteiger partial charge in [0, 0.05) is 0 Å². The Morgan fingerprint density at radius 2 is 2.00 bits per heavy atom. The van der Waals surface area contributed by atoms with Crippen LogP contribution >= 0.6 is 23.2 Å². The van der Waals surface area contributed by atoms with E-state index in [-0.39, 0.29) is 29.6 Å². The number of pyridine rings is 1. The molecule has 2 heterocycles. The topological polar surface area (TPSA) is 86.5 Å². The van der Waals surface area contributed by atoms with Crippen molar-refractivity contribution in [1.82, 2.24) is 10.3 Å². The fourth-order valence-electron chi connectivity index (χ4n) is 2.13. The minimum Gasteiger partial charge on any atom is -0.460 e. The molecule has 1 aromatic rings. The number of halogens is 2. The van der Waals surface area contributed by atoms with Crippen LogP contribution in [0.4, 0.5) is 0 Å². The first-order chi connectivity index (χ1) is 10.5. The molecule has 1 aliphatic rings. The Morgan fingerprint density at radius 3 is 2.64 bits per heavy atom. The Balaban J connectivity index is 1.73. The van der Waals surface area contributed by atoms with E-state index in [0.717, 1.165) is 25.9 Å². The number of ether oxygens (including phenoxy) is 2. The predicted octanol–water partition coefficient (Wildman–Crippen LogP) is 1.53. The molecule has 1 aliphatic heterocycles. The number of nitrogens with zero attached hydrogens (tertiary/aromatic N) is 1. The van der Waals surface area contributed by atoms with E-state index in [0.29, 0.717) is 5.56 Å². The van der Waals surface area contributed by atoms with E-state index >= 15 is 0 Å². The number of hydrogen-bond donors (Lipinski definition) is 2. The zero-order valence-electron chi connectivity index (χ0n) is 12.1. The van der Waals surface area contributed by atoms with E-state index in [1.807, 2.05) is 0 Å². The van der Waals surface area contributed by atoms with Crippen molar-refractivity contribution < 1.29 is 14.3 Å². The number of rotatable bonds is 6. The van der Waals surface area contributed by atoms with Gasteiger partial charge in [-0.25, -0.2) is 4.98 Å². The molecule has 2 rings (SSSR count). The first kappa shape index (κ1) is 17.4. The first-order valence-electron chi connectivity index (χ1n) is 7.11. The lowest BCUT2D eigenvalue weighted by Gasteiger charge is -2.24. The molecule has 0 aliphatic carbocycles. The zero-order valence-corrected chi connectivity index (χ0v) is 13.6. The highest BCUT2D eigenvalue weighted by Crippen LogP contribution is 2.15. The SMILES string of the molecule is N[C@@H](COC1CCNCC1)C(=O)OCc1cc(Cl)nc(Cl)c1. The number of piperidine rings is 1. The van der Waals surface area contributed by atoms with E-state index in [9.17, 15) is 4.79 Å². The second-order valence-corrected chi connectivity index (χ2v) is 5.89. The van der Waals surface area contributed by atoms with Gasteiger partial charge < -0.3 is 20.5 Å². The highest BCUT2D eigenvalue weighted by atomic mass is 35.5. The lowest BCUT2D eigenvalue weighted by molar-refractivity contribution is -0.148. The van der Waals surface area contributed by atoms with Crippen molar-refractivity contribution in [3.8, 4) is 0 Å². The van der Waals surface area contributed by atoms with Crippen LogP contribution in [0.5, 0.6) is 0 Å². The Bertz CT molecular complexity index is 490. The molecule has 122 valence electrons. The number of carbonyl (C=O) groups excluding carboxylic acids is 1. The maximum absolute atomic E-state index is 11.8. The van der Waals surface area contributed by atoms with Crippen LogP contribution < -0.4 is 11.1 Å². The highest BCUT2D eigenvalue weighted by molar-refractivity contribution is 6.32. The third-order valence-electron chi connectivity index (χ3n) is 3.30. The molecule has 6 nitrogen and oxygen atoms in total. The molecular formula is C14H19Cl2N3O3. The minimum absolute atomic E-state index is 0.0435. The summed E-state index contributed by atoms with van der Waals surface area (Å²) < 4.78 is 10.8. The smallest absolute Gasteiger partial charge is 0.325 e. The van der Waals surface area contributed by atoms with Gasteiger partial charge in [-0.2, -0.15) is 0 Å². The average molecular weight is 348 g/mol. The number of carbonyl (C=O) groups is 1. The summed E-state index contributed by atoms with van der Waals surface area (Å²) in [6.07, 6.45) is 2.00. The second kappa shape index (κ2) is 8.64. The van der Waals surface area contributed by atoms with Crippen LogP contribution in [0.2, 0.25) is 10.3 Å². The van der Waals surface area contributed by atoms with Gasteiger partial charge in [-0.15, -0.1) is 0 Å². The third-order valence-corrected chi connectivity index (χ3v) is 3.69. The maximum atomic E-state index is 11.8. The molecule has 0 bridgehead atoms. The summed E-state index contributed by atoms with van der Waals surface area (Å²) in [5, 5.41) is 3.74. The molecule has 3 N–H and O–H groups in total. The molecule has 0 radical (unpaired) electrons. The lowest BCUT2D eigenvalue weighted by atomic mass is 10.1. The molecule has 0 aromatic carbocycles. The van der Waals surface area contributed by atoms with Crippen LogP contribution in [-0.2, 0) is 20.9 Å². The van der Waals surface area contributed by atoms with Gasteiger partial charge >= 0.3 is 5.97 Å². The maximum Gasteiger partial charge on any atom is 0.325 e. The number of aromatic nitrogens is 1. The number of esters is 1. The first-order valence-corrected chi connectivity index (χ1v) is 7.86. The largest absolute Gasteiger partial charge is 0.460 e. The van der Waals surface area contributed by atoms with Gasteiger partial charge in [-0.3, -0.25) is 4.79 Å². The van der Waals surface area contributed by atoms with Crippen LogP contribution in [0.25, 0.3) is 0 Å². The lowest BCUT2D eigenvalue weighted by Crippen LogP contribution is -2.40. The van der Waals surface area contributed by atoms with Gasteiger partial charge in [-0.1, -0.05) is 23.2 Å². The van der Waals surface area contributed by atoms with Crippen molar-refractivity contribution in [2.24, 2.45) is 5.73 Å². The molecule has 1 saturated heterocycles. The predicted molar refractivity (Wildman–Crippen MR) is 83.9 cm³/mol. The van der Waals surface area contributed by atoms with Crippen LogP contribution in [0.15, 0.2) is 12.1 Å². The third kappa shape index (κ3) is 5.70. The van der Waals surface area contributed by atoms with Gasteiger partial charge in [-0.05, 0) is 43.6 Å².